The topological polar surface area (TPSA) is 71.9 Å². The molecule has 7 rings (SSSR count). The Hall–Kier alpha value is -5.63. The molecule has 0 bridgehead atoms. The average molecular weight is 609 g/mol. The lowest BCUT2D eigenvalue weighted by Gasteiger charge is -2.20. The van der Waals surface area contributed by atoms with Gasteiger partial charge in [0.05, 0.1) is 18.4 Å². The van der Waals surface area contributed by atoms with E-state index in [-0.39, 0.29) is 5.92 Å². The zero-order chi connectivity index (χ0) is 31.5. The predicted molar refractivity (Wildman–Crippen MR) is 180 cm³/mol. The molecule has 0 N–H and O–H groups in total. The second-order valence-electron chi connectivity index (χ2n) is 11.8. The number of hydrogen-bond acceptors (Lipinski definition) is 5. The monoisotopic (exact) mass is 608 g/mol. The molecule has 0 amide bonds. The summed E-state index contributed by atoms with van der Waals surface area (Å²) in [6.07, 6.45) is 7.58. The van der Waals surface area contributed by atoms with Gasteiger partial charge in [-0.05, 0) is 52.9 Å². The predicted octanol–water partition coefficient (Wildman–Crippen LogP) is 7.95. The Kier molecular flexibility index (Phi) is 8.08. The maximum absolute atomic E-state index is 6.61. The highest BCUT2D eigenvalue weighted by Crippen LogP contribution is 2.40. The second kappa shape index (κ2) is 12.8. The van der Waals surface area contributed by atoms with E-state index in [4.69, 9.17) is 19.7 Å². The van der Waals surface area contributed by atoms with E-state index in [1.165, 1.54) is 0 Å². The Balaban J connectivity index is 1.38. The lowest BCUT2D eigenvalue weighted by Crippen LogP contribution is -2.09. The minimum Gasteiger partial charge on any atom is -0.488 e. The lowest BCUT2D eigenvalue weighted by molar-refractivity contribution is 0.288. The van der Waals surface area contributed by atoms with Gasteiger partial charge in [-0.25, -0.2) is 4.98 Å². The number of rotatable bonds is 11. The largest absolute Gasteiger partial charge is 0.488 e. The van der Waals surface area contributed by atoms with Crippen LogP contribution in [0.5, 0.6) is 11.5 Å². The smallest absolute Gasteiger partial charge is 0.172 e. The molecule has 0 saturated heterocycles. The van der Waals surface area contributed by atoms with Gasteiger partial charge in [-0.3, -0.25) is 4.57 Å². The molecule has 4 aromatic carbocycles. The molecule has 8 nitrogen and oxygen atoms in total. The summed E-state index contributed by atoms with van der Waals surface area (Å²) in [5.74, 6) is 3.15. The van der Waals surface area contributed by atoms with Crippen molar-refractivity contribution in [3.63, 3.8) is 0 Å². The maximum atomic E-state index is 6.61. The Morgan fingerprint density at radius 1 is 0.739 bits per heavy atom. The molecule has 3 heterocycles. The first-order valence-corrected chi connectivity index (χ1v) is 15.5. The molecule has 0 fully saturated rings. The summed E-state index contributed by atoms with van der Waals surface area (Å²) in [6, 6.07) is 33.2. The molecule has 0 spiro atoms. The van der Waals surface area contributed by atoms with Gasteiger partial charge in [0, 0.05) is 48.3 Å². The first-order valence-electron chi connectivity index (χ1n) is 15.5. The van der Waals surface area contributed by atoms with Crippen molar-refractivity contribution in [2.75, 3.05) is 0 Å². The number of fused-ring (bicyclic) bond motifs is 1. The van der Waals surface area contributed by atoms with Crippen molar-refractivity contribution in [2.24, 2.45) is 7.05 Å². The van der Waals surface area contributed by atoms with Gasteiger partial charge in [-0.15, -0.1) is 10.2 Å². The minimum absolute atomic E-state index is 0.190. The van der Waals surface area contributed by atoms with Crippen LogP contribution < -0.4 is 9.47 Å². The summed E-state index contributed by atoms with van der Waals surface area (Å²) in [6.45, 7) is 5.73. The van der Waals surface area contributed by atoms with E-state index in [2.05, 4.69) is 95.8 Å². The van der Waals surface area contributed by atoms with Gasteiger partial charge < -0.3 is 18.6 Å². The molecule has 0 unspecified atom stereocenters. The van der Waals surface area contributed by atoms with Crippen LogP contribution in [0.2, 0.25) is 0 Å². The Morgan fingerprint density at radius 2 is 1.46 bits per heavy atom. The highest BCUT2D eigenvalue weighted by atomic mass is 16.5. The third-order valence-electron chi connectivity index (χ3n) is 8.19. The highest BCUT2D eigenvalue weighted by Gasteiger charge is 2.23. The Morgan fingerprint density at radius 3 is 2.13 bits per heavy atom. The van der Waals surface area contributed by atoms with Crippen LogP contribution in [0.1, 0.15) is 42.3 Å². The fraction of sp³-hybridized carbons (Fsp3) is 0.184. The lowest BCUT2D eigenvalue weighted by atomic mass is 9.98. The molecule has 0 aliphatic rings. The van der Waals surface area contributed by atoms with E-state index in [0.29, 0.717) is 31.3 Å². The Labute approximate surface area is 268 Å². The zero-order valence-corrected chi connectivity index (χ0v) is 26.2. The first kappa shape index (κ1) is 29.1. The molecule has 0 atom stereocenters. The summed E-state index contributed by atoms with van der Waals surface area (Å²) in [4.78, 5) is 4.25. The Bertz CT molecular complexity index is 2060. The number of benzene rings is 4. The normalized spacial score (nSPS) is 11.4. The van der Waals surface area contributed by atoms with Gasteiger partial charge in [0.2, 0.25) is 0 Å². The maximum Gasteiger partial charge on any atom is 0.172 e. The van der Waals surface area contributed by atoms with Crippen LogP contribution in [0.25, 0.3) is 28.0 Å². The summed E-state index contributed by atoms with van der Waals surface area (Å²) in [5, 5.41) is 10.7. The van der Waals surface area contributed by atoms with Crippen LogP contribution in [0.4, 0.5) is 0 Å². The minimum atomic E-state index is 0.190. The number of nitrogens with zero attached hydrogens (tertiary/aromatic N) is 6. The van der Waals surface area contributed by atoms with E-state index >= 15 is 0 Å². The summed E-state index contributed by atoms with van der Waals surface area (Å²) in [7, 11) is 2.06. The van der Waals surface area contributed by atoms with Gasteiger partial charge in [0.15, 0.2) is 11.6 Å². The van der Waals surface area contributed by atoms with E-state index in [1.54, 1.807) is 12.5 Å². The molecule has 3 aromatic heterocycles. The molecular weight excluding hydrogens is 572 g/mol. The molecule has 0 aliphatic heterocycles. The van der Waals surface area contributed by atoms with E-state index in [1.807, 2.05) is 53.2 Å². The number of aromatic nitrogens is 6. The fourth-order valence-corrected chi connectivity index (χ4v) is 5.74. The number of aryl methyl sites for hydroxylation is 1. The molecule has 0 saturated carbocycles. The quantitative estimate of drug-likeness (QED) is 0.149. The first-order chi connectivity index (χ1) is 22.5. The summed E-state index contributed by atoms with van der Waals surface area (Å²) >= 11 is 0. The van der Waals surface area contributed by atoms with E-state index in [9.17, 15) is 0 Å². The van der Waals surface area contributed by atoms with Crippen molar-refractivity contribution < 1.29 is 9.47 Å². The van der Waals surface area contributed by atoms with Crippen LogP contribution in [0, 0.1) is 0 Å². The van der Waals surface area contributed by atoms with Gasteiger partial charge in [0.25, 0.3) is 0 Å². The number of imidazole rings is 1. The molecule has 7 aromatic rings. The van der Waals surface area contributed by atoms with Crippen molar-refractivity contribution in [1.29, 1.82) is 0 Å². The van der Waals surface area contributed by atoms with E-state index < -0.39 is 0 Å². The zero-order valence-electron chi connectivity index (χ0n) is 26.2. The van der Waals surface area contributed by atoms with Crippen LogP contribution in [0.15, 0.2) is 122 Å². The van der Waals surface area contributed by atoms with Gasteiger partial charge in [-0.2, -0.15) is 0 Å². The van der Waals surface area contributed by atoms with Crippen LogP contribution in [-0.2, 0) is 26.8 Å². The molecular formula is C38H36N6O2. The average Bonchev–Trinajstić information content (AvgIpc) is 3.84. The standard InChI is InChI=1S/C38H36N6O2/c1-27(2)32-21-33(36(46-25-29-12-8-5-9-13-29)22-35(32)45-24-28-10-6-4-7-11-28)38-41-40-37(23-43-19-17-39-26-43)44(38)31-14-15-34-30(20-31)16-18-42(34)3/h4-22,26-27H,23-25H2,1-3H3. The molecule has 46 heavy (non-hydrogen) atoms. The molecule has 0 aliphatic carbocycles. The van der Waals surface area contributed by atoms with Gasteiger partial charge in [0.1, 0.15) is 24.7 Å². The highest BCUT2D eigenvalue weighted by molar-refractivity contribution is 5.83. The molecule has 230 valence electrons. The second-order valence-corrected chi connectivity index (χ2v) is 11.8. The van der Waals surface area contributed by atoms with E-state index in [0.717, 1.165) is 50.4 Å². The third-order valence-corrected chi connectivity index (χ3v) is 8.19. The number of ether oxygens (including phenoxy) is 2. The van der Waals surface area contributed by atoms with Crippen molar-refractivity contribution in [1.82, 2.24) is 28.9 Å². The fourth-order valence-electron chi connectivity index (χ4n) is 5.74. The van der Waals surface area contributed by atoms with Crippen molar-refractivity contribution in [2.45, 2.75) is 39.5 Å². The summed E-state index contributed by atoms with van der Waals surface area (Å²) in [5.41, 5.74) is 6.23. The molecule has 0 radical (unpaired) electrons. The van der Waals surface area contributed by atoms with Crippen molar-refractivity contribution >= 4 is 10.9 Å². The third kappa shape index (κ3) is 6.02. The number of hydrogen-bond donors (Lipinski definition) is 0. The van der Waals surface area contributed by atoms with Crippen LogP contribution in [-0.4, -0.2) is 28.9 Å². The molecule has 8 heteroatoms. The van der Waals surface area contributed by atoms with Gasteiger partial charge in [-0.1, -0.05) is 74.5 Å². The summed E-state index contributed by atoms with van der Waals surface area (Å²) < 4.78 is 19.3. The van der Waals surface area contributed by atoms with Crippen LogP contribution in [0.3, 0.4) is 0 Å². The SMILES string of the molecule is CC(C)c1cc(-c2nnc(Cn3ccnc3)n2-c2ccc3c(ccn3C)c2)c(OCc2ccccc2)cc1OCc1ccccc1. The van der Waals surface area contributed by atoms with Gasteiger partial charge >= 0.3 is 0 Å². The van der Waals surface area contributed by atoms with Crippen molar-refractivity contribution in [3.05, 3.63) is 144 Å². The van der Waals surface area contributed by atoms with Crippen molar-refractivity contribution in [3.8, 4) is 28.6 Å². The van der Waals surface area contributed by atoms with Crippen LogP contribution >= 0.6 is 0 Å².